The van der Waals surface area contributed by atoms with Crippen molar-refractivity contribution in [3.05, 3.63) is 65.7 Å². The van der Waals surface area contributed by atoms with Crippen molar-refractivity contribution in [2.24, 2.45) is 66.9 Å². The Balaban J connectivity index is 0.00000699. The van der Waals surface area contributed by atoms with Crippen molar-refractivity contribution >= 4 is 83.0 Å². The lowest BCUT2D eigenvalue weighted by atomic mass is 9.96. The van der Waals surface area contributed by atoms with Crippen LogP contribution in [0.15, 0.2) is 69.6 Å². The minimum Gasteiger partial charge on any atom is -0.508 e. The maximum Gasteiger partial charge on any atom is 0.326 e. The number of phenols is 1. The topological polar surface area (TPSA) is 567 Å². The highest BCUT2D eigenvalue weighted by Gasteiger charge is 2.40. The lowest BCUT2D eigenvalue weighted by molar-refractivity contribution is -0.149. The van der Waals surface area contributed by atoms with Crippen molar-refractivity contribution in [3.8, 4) is 5.75 Å². The molecule has 33 heteroatoms. The van der Waals surface area contributed by atoms with E-state index in [9.17, 15) is 58.2 Å². The molecule has 92 heavy (non-hydrogen) atoms. The van der Waals surface area contributed by atoms with Gasteiger partial charge in [-0.25, -0.2) is 4.79 Å². The minimum atomic E-state index is -1.41. The van der Waals surface area contributed by atoms with Gasteiger partial charge in [0.2, 0.25) is 53.2 Å². The van der Waals surface area contributed by atoms with Crippen LogP contribution in [0.4, 0.5) is 0 Å². The molecular weight excluding hydrogens is 1200 g/mol. The number of carbonyl (C=O) groups is 11. The van der Waals surface area contributed by atoms with Gasteiger partial charge in [-0.15, -0.1) is 0 Å². The van der Waals surface area contributed by atoms with Gasteiger partial charge in [-0.3, -0.25) is 62.9 Å². The first-order valence-corrected chi connectivity index (χ1v) is 30.2. The monoisotopic (exact) mass is 1290 g/mol. The van der Waals surface area contributed by atoms with E-state index < -0.39 is 132 Å². The number of likely N-dealkylation sites (tertiary alicyclic amines) is 1. The van der Waals surface area contributed by atoms with Gasteiger partial charge in [-0.1, -0.05) is 76.6 Å². The van der Waals surface area contributed by atoms with Gasteiger partial charge >= 0.3 is 5.97 Å². The van der Waals surface area contributed by atoms with E-state index in [2.05, 4.69) is 57.5 Å². The predicted molar refractivity (Wildman–Crippen MR) is 342 cm³/mol. The number of aromatic hydroxyl groups is 1. The normalized spacial score (nSPS) is 15.0. The van der Waals surface area contributed by atoms with Gasteiger partial charge in [-0.05, 0) is 99.3 Å². The van der Waals surface area contributed by atoms with Gasteiger partial charge in [0.1, 0.15) is 48.0 Å². The maximum absolute atomic E-state index is 14.6. The fraction of sp³-hybridized carbons (Fsp3) is 0.559. The van der Waals surface area contributed by atoms with Gasteiger partial charge in [0.25, 0.3) is 5.97 Å². The number of carbonyl (C=O) groups excluding carboxylic acids is 9. The van der Waals surface area contributed by atoms with Crippen LogP contribution in [0.25, 0.3) is 0 Å². The highest BCUT2D eigenvalue weighted by atomic mass is 16.4. The number of phenolic OH excluding ortho intramolecular Hbond substituents is 1. The number of amides is 9. The Morgan fingerprint density at radius 1 is 0.565 bits per heavy atom. The number of rotatable bonds is 38. The number of benzene rings is 2. The summed E-state index contributed by atoms with van der Waals surface area (Å²) in [6.45, 7) is 7.24. The zero-order chi connectivity index (χ0) is 69.0. The van der Waals surface area contributed by atoms with Gasteiger partial charge in [0, 0.05) is 39.5 Å². The van der Waals surface area contributed by atoms with E-state index >= 15 is 0 Å². The Bertz CT molecular complexity index is 2840. The summed E-state index contributed by atoms with van der Waals surface area (Å²) in [6.07, 6.45) is 1.31. The van der Waals surface area contributed by atoms with E-state index in [1.165, 1.54) is 17.0 Å². The Morgan fingerprint density at radius 3 is 1.52 bits per heavy atom. The third-order valence-corrected chi connectivity index (χ3v) is 14.2. The molecule has 1 aliphatic rings. The number of guanidine groups is 3. The molecule has 3 rings (SSSR count). The molecule has 0 aromatic heterocycles. The molecule has 0 saturated carbocycles. The molecule has 1 aliphatic heterocycles. The fourth-order valence-corrected chi connectivity index (χ4v) is 9.35. The number of nitrogens with two attached hydrogens (primary N) is 7. The second kappa shape index (κ2) is 41.5. The Hall–Kier alpha value is -9.82. The fourth-order valence-electron chi connectivity index (χ4n) is 9.35. The SMILES string of the molecule is CC(=O)O.CC[C@H](C)[C@H](NC(=O)[C@H](CCCN=C(N)N)NC(=O)[C@H](CCCN=C(N)N)NC(=O)[C@H](CC(C)C)NC(=O)[C@H](Cc1ccccc1)NC(=O)CNC(=O)CNC(=O)[C@@H](N)Cc1ccc(O)cc1)C(=O)N[C@@H](CCCN=C(N)N)C(=O)N1CCC[C@H]1C(=O)O. The Kier molecular flexibility index (Phi) is 35.3. The summed E-state index contributed by atoms with van der Waals surface area (Å²) in [4.78, 5) is 159. The smallest absolute Gasteiger partial charge is 0.326 e. The van der Waals surface area contributed by atoms with Gasteiger partial charge in [0.15, 0.2) is 17.9 Å². The first kappa shape index (κ1) is 78.3. The van der Waals surface area contributed by atoms with E-state index in [1.807, 2.05) is 0 Å². The van der Waals surface area contributed by atoms with Crippen LogP contribution in [-0.4, -0.2) is 191 Å². The van der Waals surface area contributed by atoms with Gasteiger partial charge < -0.3 is 103 Å². The largest absolute Gasteiger partial charge is 0.508 e. The summed E-state index contributed by atoms with van der Waals surface area (Å²) < 4.78 is 0. The number of carboxylic acid groups (broad SMARTS) is 2. The molecule has 2 aromatic carbocycles. The Labute approximate surface area is 534 Å². The second-order valence-corrected chi connectivity index (χ2v) is 22.4. The second-order valence-electron chi connectivity index (χ2n) is 22.4. The van der Waals surface area contributed by atoms with Crippen LogP contribution in [0.1, 0.15) is 110 Å². The van der Waals surface area contributed by atoms with Crippen molar-refractivity contribution in [2.75, 3.05) is 39.3 Å². The van der Waals surface area contributed by atoms with Crippen LogP contribution in [0.5, 0.6) is 5.75 Å². The van der Waals surface area contributed by atoms with Gasteiger partial charge in [-0.2, -0.15) is 0 Å². The van der Waals surface area contributed by atoms with Crippen LogP contribution in [0.3, 0.4) is 0 Å². The van der Waals surface area contributed by atoms with E-state index in [4.69, 9.17) is 50.0 Å². The molecule has 0 unspecified atom stereocenters. The lowest BCUT2D eigenvalue weighted by Gasteiger charge is -2.31. The number of aliphatic imine (C=N–C) groups is 3. The van der Waals surface area contributed by atoms with Crippen LogP contribution in [0, 0.1) is 11.8 Å². The Morgan fingerprint density at radius 2 is 1.02 bits per heavy atom. The molecule has 2 aromatic rings. The van der Waals surface area contributed by atoms with Crippen molar-refractivity contribution in [1.29, 1.82) is 0 Å². The molecule has 0 spiro atoms. The molecule has 25 N–H and O–H groups in total. The van der Waals surface area contributed by atoms with Crippen molar-refractivity contribution in [3.63, 3.8) is 0 Å². The van der Waals surface area contributed by atoms with Crippen LogP contribution in [0.2, 0.25) is 0 Å². The van der Waals surface area contributed by atoms with Crippen molar-refractivity contribution in [2.45, 2.75) is 160 Å². The molecule has 0 radical (unpaired) electrons. The number of carboxylic acids is 2. The number of hydrogen-bond acceptors (Lipinski definition) is 16. The van der Waals surface area contributed by atoms with Gasteiger partial charge in [0.05, 0.1) is 19.1 Å². The molecule has 510 valence electrons. The first-order valence-electron chi connectivity index (χ1n) is 30.2. The zero-order valence-corrected chi connectivity index (χ0v) is 52.9. The van der Waals surface area contributed by atoms with Crippen molar-refractivity contribution in [1.82, 2.24) is 47.4 Å². The first-order chi connectivity index (χ1) is 43.4. The number of nitrogens with one attached hydrogen (secondary N) is 8. The number of hydrogen-bond donors (Lipinski definition) is 18. The van der Waals surface area contributed by atoms with Crippen LogP contribution < -0.4 is 82.7 Å². The summed E-state index contributed by atoms with van der Waals surface area (Å²) in [7, 11) is 0. The molecule has 9 amide bonds. The quantitative estimate of drug-likeness (QED) is 0.0173. The third kappa shape index (κ3) is 31.1. The molecule has 0 aliphatic carbocycles. The van der Waals surface area contributed by atoms with E-state index in [0.29, 0.717) is 24.0 Å². The van der Waals surface area contributed by atoms with E-state index in [1.54, 1.807) is 70.2 Å². The van der Waals surface area contributed by atoms with Crippen LogP contribution >= 0.6 is 0 Å². The summed E-state index contributed by atoms with van der Waals surface area (Å²) in [5.41, 5.74) is 40.6. The summed E-state index contributed by atoms with van der Waals surface area (Å²) >= 11 is 0. The van der Waals surface area contributed by atoms with Crippen LogP contribution in [-0.2, 0) is 65.6 Å². The molecule has 1 heterocycles. The number of nitrogens with zero attached hydrogens (tertiary/aromatic N) is 4. The zero-order valence-electron chi connectivity index (χ0n) is 52.9. The number of aliphatic carboxylic acids is 2. The molecule has 33 nitrogen and oxygen atoms in total. The summed E-state index contributed by atoms with van der Waals surface area (Å²) in [6, 6.07) is 4.56. The average Bonchev–Trinajstić information content (AvgIpc) is 1.57. The maximum atomic E-state index is 14.6. The van der Waals surface area contributed by atoms with Crippen molar-refractivity contribution < 1.29 is 68.1 Å². The highest BCUT2D eigenvalue weighted by Crippen LogP contribution is 2.21. The average molecular weight is 1290 g/mol. The summed E-state index contributed by atoms with van der Waals surface area (Å²) in [5.74, 6) is -10.4. The molecule has 1 saturated heterocycles. The molecular formula is C59H95N19O14. The lowest BCUT2D eigenvalue weighted by Crippen LogP contribution is -2.61. The minimum absolute atomic E-state index is 0.00594. The standard InChI is InChI=1S/C57H91N19O12.C2H4O2/c1-5-33(4)46(52(85)73-40(17-11-25-67-57(63)64)53(86)76-26-12-18-43(76)54(87)88)75-49(82)39(16-10-24-66-56(61)62)71-48(81)38(15-9-23-65-55(59)60)72-50(83)41(27-32(2)3)74-51(84)42(29-34-13-7-6-8-14-34)70-45(79)31-68-44(78)30-69-47(80)37(58)28-35-19-21-36(77)22-20-35;1-2(3)4/h6-8,13-14,19-22,32-33,37-43,46,77H,5,9-12,15-18,23-31,58H2,1-4H3,(H,68,78)(H,69,80)(H,70,79)(H,71,81)(H,72,83)(H,73,85)(H,74,84)(H,75,82)(H,87,88)(H4,59,60,65)(H4,61,62,66)(H4,63,64,67);1H3,(H,3,4)/t33-,37-,38-,39-,40-,41-,42-,43-,46-;/m0./s1. The summed E-state index contributed by atoms with van der Waals surface area (Å²) in [5, 5.41) is 47.9. The molecule has 1 fully saturated rings. The predicted octanol–water partition coefficient (Wildman–Crippen LogP) is -3.93. The highest BCUT2D eigenvalue weighted by molar-refractivity contribution is 5.98. The third-order valence-electron chi connectivity index (χ3n) is 14.2. The van der Waals surface area contributed by atoms with E-state index in [-0.39, 0.29) is 120 Å². The molecule has 9 atom stereocenters. The van der Waals surface area contributed by atoms with E-state index in [0.717, 1.165) is 6.92 Å². The molecule has 0 bridgehead atoms.